The van der Waals surface area contributed by atoms with Crippen LogP contribution in [-0.2, 0) is 0 Å². The minimum Gasteiger partial charge on any atom is -0.467 e. The van der Waals surface area contributed by atoms with Crippen molar-refractivity contribution in [2.24, 2.45) is 0 Å². The van der Waals surface area contributed by atoms with Crippen LogP contribution in [0.1, 0.15) is 21.8 Å². The number of amides is 1. The molecule has 1 amide bonds. The van der Waals surface area contributed by atoms with Crippen molar-refractivity contribution in [1.29, 1.82) is 0 Å². The summed E-state index contributed by atoms with van der Waals surface area (Å²) in [5.41, 5.74) is 4.02. The number of hydrogen-bond acceptors (Lipinski definition) is 9. The molecule has 10 heteroatoms. The summed E-state index contributed by atoms with van der Waals surface area (Å²) in [5, 5.41) is 6.98. The number of anilines is 1. The second-order valence-corrected chi connectivity index (χ2v) is 8.37. The van der Waals surface area contributed by atoms with Crippen LogP contribution in [0.5, 0.6) is 6.01 Å². The molecule has 2 N–H and O–H groups in total. The van der Waals surface area contributed by atoms with E-state index >= 15 is 0 Å². The van der Waals surface area contributed by atoms with E-state index in [0.717, 1.165) is 27.8 Å². The van der Waals surface area contributed by atoms with Gasteiger partial charge in [0.2, 0.25) is 0 Å². The van der Waals surface area contributed by atoms with E-state index in [9.17, 15) is 4.79 Å². The van der Waals surface area contributed by atoms with Gasteiger partial charge in [0.15, 0.2) is 0 Å². The van der Waals surface area contributed by atoms with Crippen LogP contribution >= 0.6 is 11.8 Å². The standard InChI is InChI=1S/C24H25N7O2S/c1-25-23(32)19-7-8-26-22-17(5-4-6-18(19)22)16(13-34-3)12-27-21-9-20(30-14-31-21)15-10-28-24(33-2)29-11-15/h4-11,14,16H,12-13H2,1-3H3,(H,25,32)(H,27,30,31). The average Bonchev–Trinajstić information content (AvgIpc) is 2.90. The number of nitrogens with zero attached hydrogens (tertiary/aromatic N) is 5. The zero-order valence-corrected chi connectivity index (χ0v) is 20.0. The predicted octanol–water partition coefficient (Wildman–Crippen LogP) is 3.41. The molecule has 3 aromatic heterocycles. The van der Waals surface area contributed by atoms with Gasteiger partial charge in [0, 0.05) is 60.9 Å². The maximum Gasteiger partial charge on any atom is 0.316 e. The maximum atomic E-state index is 12.3. The lowest BCUT2D eigenvalue weighted by atomic mass is 9.95. The summed E-state index contributed by atoms with van der Waals surface area (Å²) in [4.78, 5) is 34.0. The predicted molar refractivity (Wildman–Crippen MR) is 134 cm³/mol. The van der Waals surface area contributed by atoms with Gasteiger partial charge in [-0.2, -0.15) is 11.8 Å². The molecular formula is C24H25N7O2S. The molecule has 34 heavy (non-hydrogen) atoms. The van der Waals surface area contributed by atoms with Crippen LogP contribution in [-0.4, -0.2) is 63.5 Å². The molecule has 0 aliphatic heterocycles. The molecule has 0 aliphatic rings. The molecule has 4 rings (SSSR count). The van der Waals surface area contributed by atoms with E-state index in [1.165, 1.54) is 13.4 Å². The van der Waals surface area contributed by atoms with Crippen molar-refractivity contribution in [2.45, 2.75) is 5.92 Å². The molecule has 0 bridgehead atoms. The molecule has 0 spiro atoms. The van der Waals surface area contributed by atoms with Crippen molar-refractivity contribution in [3.05, 3.63) is 66.4 Å². The SMILES string of the molecule is CNC(=O)c1ccnc2c(C(CNc3cc(-c4cnc(OC)nc4)ncn3)CSC)cccc12. The zero-order valence-electron chi connectivity index (χ0n) is 19.1. The van der Waals surface area contributed by atoms with Crippen LogP contribution < -0.4 is 15.4 Å². The first-order valence-corrected chi connectivity index (χ1v) is 12.0. The molecule has 174 valence electrons. The van der Waals surface area contributed by atoms with Gasteiger partial charge in [0.25, 0.3) is 5.91 Å². The number of nitrogens with one attached hydrogen (secondary N) is 2. The van der Waals surface area contributed by atoms with Gasteiger partial charge in [-0.3, -0.25) is 9.78 Å². The third-order valence-electron chi connectivity index (χ3n) is 5.38. The molecule has 1 atom stereocenters. The summed E-state index contributed by atoms with van der Waals surface area (Å²) >= 11 is 1.76. The third kappa shape index (κ3) is 5.07. The van der Waals surface area contributed by atoms with Gasteiger partial charge in [-0.25, -0.2) is 19.9 Å². The number of rotatable bonds is 9. The smallest absolute Gasteiger partial charge is 0.316 e. The van der Waals surface area contributed by atoms with Crippen LogP contribution in [0, 0.1) is 0 Å². The van der Waals surface area contributed by atoms with E-state index in [4.69, 9.17) is 4.74 Å². The van der Waals surface area contributed by atoms with E-state index in [1.807, 2.05) is 18.2 Å². The molecule has 3 heterocycles. The number of carbonyl (C=O) groups is 1. The van der Waals surface area contributed by atoms with Crippen molar-refractivity contribution in [3.8, 4) is 17.3 Å². The number of benzene rings is 1. The summed E-state index contributed by atoms with van der Waals surface area (Å²) in [6, 6.07) is 9.91. The first-order valence-electron chi connectivity index (χ1n) is 10.7. The Bertz CT molecular complexity index is 1280. The lowest BCUT2D eigenvalue weighted by Crippen LogP contribution is -2.19. The topological polar surface area (TPSA) is 115 Å². The number of hydrogen-bond donors (Lipinski definition) is 2. The highest BCUT2D eigenvalue weighted by molar-refractivity contribution is 7.98. The van der Waals surface area contributed by atoms with Crippen molar-refractivity contribution < 1.29 is 9.53 Å². The van der Waals surface area contributed by atoms with Gasteiger partial charge >= 0.3 is 6.01 Å². The second kappa shape index (κ2) is 10.9. The van der Waals surface area contributed by atoms with Crippen LogP contribution in [0.15, 0.2) is 55.2 Å². The first-order chi connectivity index (χ1) is 16.6. The number of aromatic nitrogens is 5. The fourth-order valence-corrected chi connectivity index (χ4v) is 4.41. The number of ether oxygens (including phenoxy) is 1. The normalized spacial score (nSPS) is 11.7. The van der Waals surface area contributed by atoms with Gasteiger partial charge in [-0.15, -0.1) is 0 Å². The monoisotopic (exact) mass is 475 g/mol. The van der Waals surface area contributed by atoms with Crippen LogP contribution in [0.3, 0.4) is 0 Å². The summed E-state index contributed by atoms with van der Waals surface area (Å²) in [7, 11) is 3.16. The fourth-order valence-electron chi connectivity index (χ4n) is 3.71. The number of pyridine rings is 1. The van der Waals surface area contributed by atoms with Crippen LogP contribution in [0.4, 0.5) is 5.82 Å². The first kappa shape index (κ1) is 23.4. The lowest BCUT2D eigenvalue weighted by molar-refractivity contribution is 0.0964. The van der Waals surface area contributed by atoms with Crippen molar-refractivity contribution in [2.75, 3.05) is 38.0 Å². The molecule has 0 radical (unpaired) electrons. The van der Waals surface area contributed by atoms with Gasteiger partial charge in [0.05, 0.1) is 23.9 Å². The number of methoxy groups -OCH3 is 1. The maximum absolute atomic E-state index is 12.3. The molecule has 0 saturated heterocycles. The lowest BCUT2D eigenvalue weighted by Gasteiger charge is -2.19. The van der Waals surface area contributed by atoms with E-state index in [2.05, 4.69) is 47.9 Å². The molecule has 1 unspecified atom stereocenters. The molecule has 4 aromatic rings. The zero-order chi connectivity index (χ0) is 23.9. The van der Waals surface area contributed by atoms with Crippen LogP contribution in [0.2, 0.25) is 0 Å². The molecule has 0 aliphatic carbocycles. The molecule has 9 nitrogen and oxygen atoms in total. The van der Waals surface area contributed by atoms with E-state index in [-0.39, 0.29) is 11.8 Å². The van der Waals surface area contributed by atoms with Crippen molar-refractivity contribution in [3.63, 3.8) is 0 Å². The van der Waals surface area contributed by atoms with Crippen molar-refractivity contribution >= 4 is 34.4 Å². The Balaban J connectivity index is 1.59. The van der Waals surface area contributed by atoms with Gasteiger partial charge in [0.1, 0.15) is 12.1 Å². The number of thioether (sulfide) groups is 1. The van der Waals surface area contributed by atoms with E-state index in [1.54, 1.807) is 43.5 Å². The van der Waals surface area contributed by atoms with Gasteiger partial charge < -0.3 is 15.4 Å². The second-order valence-electron chi connectivity index (χ2n) is 7.46. The number of para-hydroxylation sites is 1. The Morgan fingerprint density at radius 1 is 1.12 bits per heavy atom. The molecule has 0 fully saturated rings. The summed E-state index contributed by atoms with van der Waals surface area (Å²) in [6.07, 6.45) is 8.61. The Labute approximate surface area is 201 Å². The minimum atomic E-state index is -0.125. The number of carbonyl (C=O) groups excluding carboxylic acids is 1. The largest absolute Gasteiger partial charge is 0.467 e. The number of fused-ring (bicyclic) bond motifs is 1. The Morgan fingerprint density at radius 3 is 2.68 bits per heavy atom. The van der Waals surface area contributed by atoms with E-state index in [0.29, 0.717) is 29.6 Å². The fraction of sp³-hybridized carbons (Fsp3) is 0.250. The third-order valence-corrected chi connectivity index (χ3v) is 6.12. The average molecular weight is 476 g/mol. The Hall–Kier alpha value is -3.79. The van der Waals surface area contributed by atoms with Crippen LogP contribution in [0.25, 0.3) is 22.2 Å². The highest BCUT2D eigenvalue weighted by Gasteiger charge is 2.18. The highest BCUT2D eigenvalue weighted by Crippen LogP contribution is 2.29. The van der Waals surface area contributed by atoms with E-state index < -0.39 is 0 Å². The molecular weight excluding hydrogens is 450 g/mol. The van der Waals surface area contributed by atoms with Gasteiger partial charge in [-0.1, -0.05) is 18.2 Å². The van der Waals surface area contributed by atoms with Gasteiger partial charge in [-0.05, 0) is 17.9 Å². The summed E-state index contributed by atoms with van der Waals surface area (Å²) < 4.78 is 5.02. The highest BCUT2D eigenvalue weighted by atomic mass is 32.2. The Morgan fingerprint density at radius 2 is 1.94 bits per heavy atom. The Kier molecular flexibility index (Phi) is 7.48. The molecule has 1 aromatic carbocycles. The van der Waals surface area contributed by atoms with Crippen molar-refractivity contribution in [1.82, 2.24) is 30.2 Å². The minimum absolute atomic E-state index is 0.125. The molecule has 0 saturated carbocycles. The summed E-state index contributed by atoms with van der Waals surface area (Å²) in [5.74, 6) is 1.60. The summed E-state index contributed by atoms with van der Waals surface area (Å²) in [6.45, 7) is 0.640. The quantitative estimate of drug-likeness (QED) is 0.376.